The minimum absolute atomic E-state index is 0.132. The summed E-state index contributed by atoms with van der Waals surface area (Å²) in [7, 11) is -3.92. The average molecular weight is 400 g/mol. The van der Waals surface area contributed by atoms with Gasteiger partial charge in [-0.1, -0.05) is 6.07 Å². The van der Waals surface area contributed by atoms with Gasteiger partial charge in [-0.05, 0) is 43.5 Å². The Morgan fingerprint density at radius 1 is 1.15 bits per heavy atom. The number of halogens is 2. The summed E-state index contributed by atoms with van der Waals surface area (Å²) in [6, 6.07) is 8.54. The molecule has 1 amide bonds. The van der Waals surface area contributed by atoms with Gasteiger partial charge in [-0.25, -0.2) is 17.2 Å². The Morgan fingerprint density at radius 2 is 1.85 bits per heavy atom. The van der Waals surface area contributed by atoms with Gasteiger partial charge < -0.3 is 5.32 Å². The van der Waals surface area contributed by atoms with E-state index in [2.05, 4.69) is 5.32 Å². The van der Waals surface area contributed by atoms with Gasteiger partial charge in [-0.3, -0.25) is 9.10 Å². The molecule has 0 heterocycles. The minimum Gasteiger partial charge on any atom is -0.324 e. The van der Waals surface area contributed by atoms with E-state index in [0.717, 1.165) is 33.7 Å². The number of rotatable bonds is 6. The van der Waals surface area contributed by atoms with Crippen LogP contribution in [0.2, 0.25) is 0 Å². The number of thioether (sulfide) groups is 1. The molecule has 0 spiro atoms. The molecule has 0 bridgehead atoms. The van der Waals surface area contributed by atoms with Gasteiger partial charge in [0.1, 0.15) is 6.04 Å². The van der Waals surface area contributed by atoms with E-state index in [0.29, 0.717) is 5.69 Å². The van der Waals surface area contributed by atoms with E-state index in [-0.39, 0.29) is 5.69 Å². The van der Waals surface area contributed by atoms with E-state index >= 15 is 0 Å². The quantitative estimate of drug-likeness (QED) is 0.754. The van der Waals surface area contributed by atoms with Gasteiger partial charge >= 0.3 is 0 Å². The summed E-state index contributed by atoms with van der Waals surface area (Å²) in [5.74, 6) is -2.90. The molecular weight excluding hydrogens is 382 g/mol. The predicted octanol–water partition coefficient (Wildman–Crippen LogP) is 3.48. The number of carbonyl (C=O) groups is 1. The van der Waals surface area contributed by atoms with Crippen molar-refractivity contribution in [3.63, 3.8) is 0 Å². The number of hydrogen-bond acceptors (Lipinski definition) is 4. The lowest BCUT2D eigenvalue weighted by Crippen LogP contribution is -2.45. The Labute approximate surface area is 155 Å². The molecule has 0 radical (unpaired) electrons. The molecule has 0 unspecified atom stereocenters. The predicted molar refractivity (Wildman–Crippen MR) is 100.0 cm³/mol. The topological polar surface area (TPSA) is 66.5 Å². The molecular formula is C17H18F2N2O3S2. The van der Waals surface area contributed by atoms with Gasteiger partial charge in [-0.15, -0.1) is 11.8 Å². The van der Waals surface area contributed by atoms with Crippen LogP contribution in [0.1, 0.15) is 6.92 Å². The van der Waals surface area contributed by atoms with E-state index in [1.165, 1.54) is 18.7 Å². The molecule has 2 rings (SSSR count). The standard InChI is InChI=1S/C17H18F2N2O3S2/c1-11(17(22)20-12-5-4-6-14(9-12)25-2)21(26(3,23)24)13-7-8-15(18)16(19)10-13/h4-11H,1-3H3,(H,20,22)/t11-/m1/s1. The monoisotopic (exact) mass is 400 g/mol. The maximum Gasteiger partial charge on any atom is 0.247 e. The SMILES string of the molecule is CSc1cccc(NC(=O)[C@@H](C)N(c2ccc(F)c(F)c2)S(C)(=O)=O)c1. The molecule has 0 aliphatic heterocycles. The third-order valence-corrected chi connectivity index (χ3v) is 5.55. The first kappa shape index (κ1) is 20.2. The Balaban J connectivity index is 2.32. The number of sulfonamides is 1. The highest BCUT2D eigenvalue weighted by Gasteiger charge is 2.29. The largest absolute Gasteiger partial charge is 0.324 e. The Morgan fingerprint density at radius 3 is 2.42 bits per heavy atom. The second-order valence-electron chi connectivity index (χ2n) is 5.55. The summed E-state index contributed by atoms with van der Waals surface area (Å²) in [6.45, 7) is 1.37. The minimum atomic E-state index is -3.92. The fourth-order valence-corrected chi connectivity index (χ4v) is 4.00. The van der Waals surface area contributed by atoms with Crippen molar-refractivity contribution < 1.29 is 22.0 Å². The first-order valence-corrected chi connectivity index (χ1v) is 10.6. The third-order valence-electron chi connectivity index (χ3n) is 3.58. The second-order valence-corrected chi connectivity index (χ2v) is 8.29. The first-order valence-electron chi connectivity index (χ1n) is 7.53. The van der Waals surface area contributed by atoms with E-state index in [9.17, 15) is 22.0 Å². The van der Waals surface area contributed by atoms with Crippen LogP contribution in [-0.2, 0) is 14.8 Å². The molecule has 0 aromatic heterocycles. The summed E-state index contributed by atoms with van der Waals surface area (Å²) >= 11 is 1.49. The molecule has 0 fully saturated rings. The Bertz CT molecular complexity index is 920. The molecule has 2 aromatic carbocycles. The van der Waals surface area contributed by atoms with E-state index in [1.807, 2.05) is 12.3 Å². The molecule has 0 saturated heterocycles. The normalized spacial score (nSPS) is 12.5. The van der Waals surface area contributed by atoms with Crippen molar-refractivity contribution in [1.82, 2.24) is 0 Å². The summed E-state index contributed by atoms with van der Waals surface area (Å²) < 4.78 is 51.7. The van der Waals surface area contributed by atoms with E-state index in [1.54, 1.807) is 18.2 Å². The van der Waals surface area contributed by atoms with Crippen LogP contribution < -0.4 is 9.62 Å². The van der Waals surface area contributed by atoms with Gasteiger partial charge in [0.2, 0.25) is 15.9 Å². The third kappa shape index (κ3) is 4.73. The number of carbonyl (C=O) groups excluding carboxylic acids is 1. The van der Waals surface area contributed by atoms with Crippen molar-refractivity contribution in [3.8, 4) is 0 Å². The van der Waals surface area contributed by atoms with Crippen molar-refractivity contribution in [2.24, 2.45) is 0 Å². The molecule has 5 nitrogen and oxygen atoms in total. The van der Waals surface area contributed by atoms with Crippen molar-refractivity contribution in [1.29, 1.82) is 0 Å². The molecule has 0 saturated carbocycles. The summed E-state index contributed by atoms with van der Waals surface area (Å²) in [5.41, 5.74) is 0.374. The van der Waals surface area contributed by atoms with Crippen LogP contribution >= 0.6 is 11.8 Å². The Kier molecular flexibility index (Phi) is 6.25. The highest BCUT2D eigenvalue weighted by Crippen LogP contribution is 2.24. The number of hydrogen-bond donors (Lipinski definition) is 1. The number of nitrogens with zero attached hydrogens (tertiary/aromatic N) is 1. The summed E-state index contributed by atoms with van der Waals surface area (Å²) in [4.78, 5) is 13.5. The molecule has 2 aromatic rings. The molecule has 9 heteroatoms. The molecule has 1 atom stereocenters. The first-order chi connectivity index (χ1) is 12.1. The van der Waals surface area contributed by atoms with Crippen molar-refractivity contribution >= 4 is 39.1 Å². The van der Waals surface area contributed by atoms with Gasteiger partial charge in [0, 0.05) is 16.6 Å². The van der Waals surface area contributed by atoms with Gasteiger partial charge in [0.15, 0.2) is 11.6 Å². The number of benzene rings is 2. The van der Waals surface area contributed by atoms with Gasteiger partial charge in [0.05, 0.1) is 11.9 Å². The van der Waals surface area contributed by atoms with Crippen LogP contribution in [0.25, 0.3) is 0 Å². The highest BCUT2D eigenvalue weighted by molar-refractivity contribution is 7.98. The lowest BCUT2D eigenvalue weighted by atomic mass is 10.2. The fraction of sp³-hybridized carbons (Fsp3) is 0.235. The Hall–Kier alpha value is -2.13. The zero-order valence-electron chi connectivity index (χ0n) is 14.4. The number of nitrogens with one attached hydrogen (secondary N) is 1. The maximum absolute atomic E-state index is 13.5. The maximum atomic E-state index is 13.5. The second kappa shape index (κ2) is 8.05. The van der Waals surface area contributed by atoms with Gasteiger partial charge in [0.25, 0.3) is 0 Å². The molecule has 140 valence electrons. The zero-order chi connectivity index (χ0) is 19.5. The van der Waals surface area contributed by atoms with Crippen LogP contribution in [-0.4, -0.2) is 32.9 Å². The number of anilines is 2. The van der Waals surface area contributed by atoms with Crippen molar-refractivity contribution in [3.05, 3.63) is 54.1 Å². The highest BCUT2D eigenvalue weighted by atomic mass is 32.2. The summed E-state index contributed by atoms with van der Waals surface area (Å²) in [6.07, 6.45) is 2.78. The average Bonchev–Trinajstić information content (AvgIpc) is 2.57. The lowest BCUT2D eigenvalue weighted by Gasteiger charge is -2.28. The molecule has 1 N–H and O–H groups in total. The van der Waals surface area contributed by atoms with Crippen LogP contribution in [0.15, 0.2) is 47.4 Å². The lowest BCUT2D eigenvalue weighted by molar-refractivity contribution is -0.116. The van der Waals surface area contributed by atoms with Crippen molar-refractivity contribution in [2.45, 2.75) is 17.9 Å². The molecule has 0 aliphatic carbocycles. The van der Waals surface area contributed by atoms with Gasteiger partial charge in [-0.2, -0.15) is 0 Å². The fourth-order valence-electron chi connectivity index (χ4n) is 2.38. The molecule has 0 aliphatic rings. The van der Waals surface area contributed by atoms with E-state index < -0.39 is 33.6 Å². The smallest absolute Gasteiger partial charge is 0.247 e. The van der Waals surface area contributed by atoms with Crippen LogP contribution in [0.5, 0.6) is 0 Å². The van der Waals surface area contributed by atoms with Crippen LogP contribution in [0, 0.1) is 11.6 Å². The van der Waals surface area contributed by atoms with Crippen molar-refractivity contribution in [2.75, 3.05) is 22.1 Å². The number of amides is 1. The molecule has 26 heavy (non-hydrogen) atoms. The van der Waals surface area contributed by atoms with Crippen LogP contribution in [0.4, 0.5) is 20.2 Å². The summed E-state index contributed by atoms with van der Waals surface area (Å²) in [5, 5.41) is 2.64. The zero-order valence-corrected chi connectivity index (χ0v) is 16.0. The van der Waals surface area contributed by atoms with E-state index in [4.69, 9.17) is 0 Å². The van der Waals surface area contributed by atoms with Crippen LogP contribution in [0.3, 0.4) is 0 Å².